The number of aliphatic hydroxyl groups is 4. The average molecular weight is 437 g/mol. The molecule has 0 spiro atoms. The van der Waals surface area contributed by atoms with Crippen LogP contribution in [0.2, 0.25) is 0 Å². The summed E-state index contributed by atoms with van der Waals surface area (Å²) in [6.45, 7) is 9.34. The lowest BCUT2D eigenvalue weighted by molar-refractivity contribution is -0.174. The van der Waals surface area contributed by atoms with Crippen LogP contribution in [0.5, 0.6) is 0 Å². The van der Waals surface area contributed by atoms with Crippen LogP contribution in [0, 0.1) is 52.3 Å². The molecule has 4 aliphatic rings. The van der Waals surface area contributed by atoms with Crippen molar-refractivity contribution in [2.24, 2.45) is 52.3 Å². The molecule has 0 aliphatic heterocycles. The molecule has 0 amide bonds. The second-order valence-electron chi connectivity index (χ2n) is 12.7. The molecule has 0 aromatic carbocycles. The third-order valence-corrected chi connectivity index (χ3v) is 11.3. The molecule has 31 heavy (non-hydrogen) atoms. The molecule has 4 heteroatoms. The van der Waals surface area contributed by atoms with Crippen molar-refractivity contribution in [2.75, 3.05) is 6.61 Å². The summed E-state index contributed by atoms with van der Waals surface area (Å²) >= 11 is 0. The van der Waals surface area contributed by atoms with Gasteiger partial charge in [0.25, 0.3) is 0 Å². The Labute approximate surface area is 189 Å². The maximum Gasteiger partial charge on any atom is 0.0587 e. The lowest BCUT2D eigenvalue weighted by atomic mass is 9.43. The molecule has 4 aliphatic carbocycles. The summed E-state index contributed by atoms with van der Waals surface area (Å²) in [7, 11) is 0. The van der Waals surface area contributed by atoms with Crippen LogP contribution < -0.4 is 0 Å². The number of rotatable bonds is 6. The third-order valence-electron chi connectivity index (χ3n) is 11.3. The first kappa shape index (κ1) is 24.0. The molecule has 4 fully saturated rings. The van der Waals surface area contributed by atoms with Gasteiger partial charge in [0.05, 0.1) is 18.3 Å². The smallest absolute Gasteiger partial charge is 0.0587 e. The van der Waals surface area contributed by atoms with Gasteiger partial charge in [0.15, 0.2) is 0 Å². The van der Waals surface area contributed by atoms with Gasteiger partial charge in [-0.1, -0.05) is 27.7 Å². The fraction of sp³-hybridized carbons (Fsp3) is 1.00. The van der Waals surface area contributed by atoms with E-state index in [0.717, 1.165) is 38.5 Å². The molecule has 4 N–H and O–H groups in total. The van der Waals surface area contributed by atoms with Crippen LogP contribution in [0.25, 0.3) is 0 Å². The summed E-state index contributed by atoms with van der Waals surface area (Å²) in [6.07, 6.45) is 9.81. The van der Waals surface area contributed by atoms with Crippen LogP contribution in [0.1, 0.15) is 91.9 Å². The van der Waals surface area contributed by atoms with Gasteiger partial charge in [0.2, 0.25) is 0 Å². The van der Waals surface area contributed by atoms with Crippen molar-refractivity contribution in [2.45, 2.75) is 110 Å². The minimum atomic E-state index is -0.410. The maximum absolute atomic E-state index is 11.4. The Kier molecular flexibility index (Phi) is 6.88. The fourth-order valence-corrected chi connectivity index (χ4v) is 9.22. The van der Waals surface area contributed by atoms with E-state index in [-0.39, 0.29) is 24.7 Å². The van der Waals surface area contributed by atoms with Gasteiger partial charge in [0, 0.05) is 12.5 Å². The van der Waals surface area contributed by atoms with Gasteiger partial charge in [-0.25, -0.2) is 0 Å². The quantitative estimate of drug-likeness (QED) is 0.498. The molecule has 12 atom stereocenters. The first-order chi connectivity index (χ1) is 14.6. The molecule has 4 nitrogen and oxygen atoms in total. The van der Waals surface area contributed by atoms with Crippen LogP contribution in [0.4, 0.5) is 0 Å². The molecular weight excluding hydrogens is 388 g/mol. The standard InChI is InChI=1S/C27H48O4/c1-16(5-8-23(30)17(2)15-28)20-6-7-21-25-22(10-12-27(20,21)4)26(3)11-9-19(29)13-18(26)14-24(25)31/h16-25,28-31H,5-15H2,1-4H3/t16-,17?,18+,19-,20-,21+,22+,23?,24-,25+,26+,27-/m1/s1. The third kappa shape index (κ3) is 4.02. The van der Waals surface area contributed by atoms with E-state index in [0.29, 0.717) is 46.3 Å². The second kappa shape index (κ2) is 8.89. The van der Waals surface area contributed by atoms with Gasteiger partial charge in [-0.3, -0.25) is 0 Å². The van der Waals surface area contributed by atoms with Crippen molar-refractivity contribution in [3.8, 4) is 0 Å². The van der Waals surface area contributed by atoms with Gasteiger partial charge < -0.3 is 20.4 Å². The van der Waals surface area contributed by atoms with Gasteiger partial charge in [-0.2, -0.15) is 0 Å². The van der Waals surface area contributed by atoms with E-state index in [1.807, 2.05) is 6.92 Å². The van der Waals surface area contributed by atoms with E-state index in [1.165, 1.54) is 25.7 Å². The first-order valence-electron chi connectivity index (χ1n) is 13.3. The van der Waals surface area contributed by atoms with Crippen molar-refractivity contribution in [1.82, 2.24) is 0 Å². The Morgan fingerprint density at radius 3 is 2.26 bits per heavy atom. The van der Waals surface area contributed by atoms with Crippen molar-refractivity contribution in [3.63, 3.8) is 0 Å². The normalized spacial score (nSPS) is 50.1. The predicted octanol–water partition coefficient (Wildman–Crippen LogP) is 4.38. The van der Waals surface area contributed by atoms with Crippen molar-refractivity contribution < 1.29 is 20.4 Å². The zero-order valence-corrected chi connectivity index (χ0v) is 20.3. The van der Waals surface area contributed by atoms with E-state index in [4.69, 9.17) is 0 Å². The Morgan fingerprint density at radius 2 is 1.55 bits per heavy atom. The summed E-state index contributed by atoms with van der Waals surface area (Å²) in [5, 5.41) is 41.3. The Morgan fingerprint density at radius 1 is 0.871 bits per heavy atom. The van der Waals surface area contributed by atoms with E-state index < -0.39 is 6.10 Å². The summed E-state index contributed by atoms with van der Waals surface area (Å²) in [5.74, 6) is 3.31. The minimum Gasteiger partial charge on any atom is -0.396 e. The highest BCUT2D eigenvalue weighted by Crippen LogP contribution is 2.68. The Hall–Kier alpha value is -0.160. The van der Waals surface area contributed by atoms with E-state index in [1.54, 1.807) is 0 Å². The van der Waals surface area contributed by atoms with Crippen LogP contribution in [0.3, 0.4) is 0 Å². The van der Waals surface area contributed by atoms with E-state index in [9.17, 15) is 20.4 Å². The largest absolute Gasteiger partial charge is 0.396 e. The summed E-state index contributed by atoms with van der Waals surface area (Å²) in [6, 6.07) is 0. The molecular formula is C27H48O4. The van der Waals surface area contributed by atoms with Crippen LogP contribution in [-0.2, 0) is 0 Å². The van der Waals surface area contributed by atoms with Crippen molar-refractivity contribution in [1.29, 1.82) is 0 Å². The Bertz CT molecular complexity index is 624. The summed E-state index contributed by atoms with van der Waals surface area (Å²) in [4.78, 5) is 0. The highest BCUT2D eigenvalue weighted by molar-refractivity contribution is 5.11. The van der Waals surface area contributed by atoms with E-state index in [2.05, 4.69) is 20.8 Å². The maximum atomic E-state index is 11.4. The number of aliphatic hydroxyl groups excluding tert-OH is 4. The summed E-state index contributed by atoms with van der Waals surface area (Å²) < 4.78 is 0. The average Bonchev–Trinajstić information content (AvgIpc) is 3.09. The predicted molar refractivity (Wildman–Crippen MR) is 123 cm³/mol. The minimum absolute atomic E-state index is 0.0466. The lowest BCUT2D eigenvalue weighted by Gasteiger charge is -2.62. The second-order valence-corrected chi connectivity index (χ2v) is 12.7. The van der Waals surface area contributed by atoms with Crippen molar-refractivity contribution >= 4 is 0 Å². The molecule has 4 rings (SSSR count). The van der Waals surface area contributed by atoms with Gasteiger partial charge >= 0.3 is 0 Å². The molecule has 0 aromatic heterocycles. The van der Waals surface area contributed by atoms with Crippen molar-refractivity contribution in [3.05, 3.63) is 0 Å². The van der Waals surface area contributed by atoms with Gasteiger partial charge in [0.1, 0.15) is 0 Å². The Balaban J connectivity index is 1.48. The monoisotopic (exact) mass is 436 g/mol. The number of hydrogen-bond acceptors (Lipinski definition) is 4. The molecule has 0 radical (unpaired) electrons. The molecule has 2 unspecified atom stereocenters. The lowest BCUT2D eigenvalue weighted by Crippen LogP contribution is -2.58. The molecule has 0 heterocycles. The SMILES string of the molecule is CC(CO)C(O)CC[C@@H](C)[C@H]1CC[C@H]2[C@@H]3[C@H](O)C[C@@H]4C[C@H](O)CC[C@]4(C)[C@H]3CC[C@]12C. The molecule has 0 aromatic rings. The summed E-state index contributed by atoms with van der Waals surface area (Å²) in [5.41, 5.74) is 0.588. The van der Waals surface area contributed by atoms with Crippen LogP contribution in [0.15, 0.2) is 0 Å². The molecule has 180 valence electrons. The zero-order chi connectivity index (χ0) is 22.6. The topological polar surface area (TPSA) is 80.9 Å². The van der Waals surface area contributed by atoms with Crippen LogP contribution >= 0.6 is 0 Å². The highest BCUT2D eigenvalue weighted by Gasteiger charge is 2.62. The fourth-order valence-electron chi connectivity index (χ4n) is 9.22. The zero-order valence-electron chi connectivity index (χ0n) is 20.3. The molecule has 0 saturated heterocycles. The van der Waals surface area contributed by atoms with Gasteiger partial charge in [-0.15, -0.1) is 0 Å². The molecule has 4 saturated carbocycles. The first-order valence-corrected chi connectivity index (χ1v) is 13.3. The number of hydrogen-bond donors (Lipinski definition) is 4. The van der Waals surface area contributed by atoms with Crippen LogP contribution in [-0.4, -0.2) is 45.3 Å². The van der Waals surface area contributed by atoms with E-state index >= 15 is 0 Å². The highest BCUT2D eigenvalue weighted by atomic mass is 16.3. The van der Waals surface area contributed by atoms with Gasteiger partial charge in [-0.05, 0) is 111 Å². The number of fused-ring (bicyclic) bond motifs is 5. The molecule has 0 bridgehead atoms.